The highest BCUT2D eigenvalue weighted by atomic mass is 79.9. The summed E-state index contributed by atoms with van der Waals surface area (Å²) in [5.74, 6) is 0. The third-order valence-electron chi connectivity index (χ3n) is 3.66. The number of ether oxygens (including phenoxy) is 1. The summed E-state index contributed by atoms with van der Waals surface area (Å²) in [6, 6.07) is 9.28. The maximum Gasteiger partial charge on any atom is 0.0615 e. The summed E-state index contributed by atoms with van der Waals surface area (Å²) in [6.07, 6.45) is 1.08. The number of likely N-dealkylation sites (N-methyl/N-ethyl adjacent to an activating group) is 1. The Morgan fingerprint density at radius 3 is 2.65 bits per heavy atom. The maximum atomic E-state index is 5.22. The lowest BCUT2D eigenvalue weighted by Crippen LogP contribution is -2.35. The molecule has 0 aliphatic heterocycles. The van der Waals surface area contributed by atoms with Crippen LogP contribution in [0.4, 0.5) is 0 Å². The predicted octanol–water partition coefficient (Wildman–Crippen LogP) is 3.46. The van der Waals surface area contributed by atoms with Crippen LogP contribution in [-0.4, -0.2) is 44.8 Å². The van der Waals surface area contributed by atoms with E-state index in [2.05, 4.69) is 71.3 Å². The predicted molar refractivity (Wildman–Crippen MR) is 89.1 cm³/mol. The fourth-order valence-corrected chi connectivity index (χ4v) is 2.85. The van der Waals surface area contributed by atoms with Crippen molar-refractivity contribution in [2.75, 3.05) is 33.9 Å². The van der Waals surface area contributed by atoms with Crippen LogP contribution in [0.25, 0.3) is 0 Å². The van der Waals surface area contributed by atoms with Crippen molar-refractivity contribution in [1.29, 1.82) is 0 Å². The first kappa shape index (κ1) is 17.6. The zero-order chi connectivity index (χ0) is 15.0. The number of hydrogen-bond donors (Lipinski definition) is 1. The van der Waals surface area contributed by atoms with Gasteiger partial charge in [-0.05, 0) is 38.6 Å². The first-order chi connectivity index (χ1) is 9.60. The second-order valence-electron chi connectivity index (χ2n) is 5.21. The van der Waals surface area contributed by atoms with Gasteiger partial charge in [-0.1, -0.05) is 41.1 Å². The number of halogens is 1. The minimum Gasteiger partial charge on any atom is -0.383 e. The second-order valence-corrected chi connectivity index (χ2v) is 6.06. The van der Waals surface area contributed by atoms with Gasteiger partial charge in [0.1, 0.15) is 0 Å². The van der Waals surface area contributed by atoms with Gasteiger partial charge in [-0.3, -0.25) is 0 Å². The molecule has 0 spiro atoms. The van der Waals surface area contributed by atoms with Gasteiger partial charge >= 0.3 is 0 Å². The largest absolute Gasteiger partial charge is 0.383 e. The van der Waals surface area contributed by atoms with Crippen molar-refractivity contribution >= 4 is 15.9 Å². The van der Waals surface area contributed by atoms with E-state index in [1.165, 1.54) is 10.0 Å². The van der Waals surface area contributed by atoms with Gasteiger partial charge < -0.3 is 15.0 Å². The molecule has 20 heavy (non-hydrogen) atoms. The Balaban J connectivity index is 2.62. The number of nitrogens with one attached hydrogen (secondary N) is 1. The maximum absolute atomic E-state index is 5.22. The number of nitrogens with zero attached hydrogens (tertiary/aromatic N) is 1. The molecule has 1 rings (SSSR count). The normalized spacial score (nSPS) is 14.5. The van der Waals surface area contributed by atoms with E-state index < -0.39 is 0 Å². The highest BCUT2D eigenvalue weighted by Gasteiger charge is 2.15. The first-order valence-corrected chi connectivity index (χ1v) is 8.06. The molecule has 0 heterocycles. The minimum absolute atomic E-state index is 0.382. The molecule has 4 heteroatoms. The van der Waals surface area contributed by atoms with Crippen molar-refractivity contribution in [2.45, 2.75) is 32.4 Å². The lowest BCUT2D eigenvalue weighted by molar-refractivity contribution is 0.113. The average Bonchev–Trinajstić information content (AvgIpc) is 2.44. The monoisotopic (exact) mass is 342 g/mol. The molecule has 0 saturated carbocycles. The van der Waals surface area contributed by atoms with Gasteiger partial charge in [0, 0.05) is 30.2 Å². The standard InChI is InChI=1S/C16H27BrN2O/c1-5-18-16(14-8-6-7-9-15(14)17)10-11-19(3)13(2)12-20-4/h6-9,13,16,18H,5,10-12H2,1-4H3. The summed E-state index contributed by atoms with van der Waals surface area (Å²) in [5, 5.41) is 3.58. The van der Waals surface area contributed by atoms with E-state index in [0.717, 1.165) is 26.1 Å². The second kappa shape index (κ2) is 9.50. The van der Waals surface area contributed by atoms with E-state index in [-0.39, 0.29) is 0 Å². The van der Waals surface area contributed by atoms with Crippen LogP contribution in [0.5, 0.6) is 0 Å². The zero-order valence-corrected chi connectivity index (χ0v) is 14.6. The lowest BCUT2D eigenvalue weighted by Gasteiger charge is -2.27. The molecule has 0 aliphatic rings. The van der Waals surface area contributed by atoms with Gasteiger partial charge in [0.25, 0.3) is 0 Å². The number of methoxy groups -OCH3 is 1. The van der Waals surface area contributed by atoms with E-state index in [1.54, 1.807) is 7.11 Å². The molecule has 0 amide bonds. The van der Waals surface area contributed by atoms with Crippen molar-refractivity contribution < 1.29 is 4.74 Å². The molecular weight excluding hydrogens is 316 g/mol. The van der Waals surface area contributed by atoms with Crippen LogP contribution in [-0.2, 0) is 4.74 Å². The summed E-state index contributed by atoms with van der Waals surface area (Å²) >= 11 is 3.65. The van der Waals surface area contributed by atoms with Crippen molar-refractivity contribution in [3.63, 3.8) is 0 Å². The third kappa shape index (κ3) is 5.52. The van der Waals surface area contributed by atoms with E-state index >= 15 is 0 Å². The Hall–Kier alpha value is -0.420. The van der Waals surface area contributed by atoms with Crippen LogP contribution in [0.2, 0.25) is 0 Å². The van der Waals surface area contributed by atoms with Crippen LogP contribution in [0, 0.1) is 0 Å². The molecule has 0 saturated heterocycles. The molecule has 0 radical (unpaired) electrons. The summed E-state index contributed by atoms with van der Waals surface area (Å²) in [4.78, 5) is 2.35. The van der Waals surface area contributed by atoms with Crippen LogP contribution < -0.4 is 5.32 Å². The van der Waals surface area contributed by atoms with Crippen molar-refractivity contribution in [1.82, 2.24) is 10.2 Å². The third-order valence-corrected chi connectivity index (χ3v) is 4.38. The van der Waals surface area contributed by atoms with Gasteiger partial charge in [0.2, 0.25) is 0 Å². The molecule has 2 unspecified atom stereocenters. The van der Waals surface area contributed by atoms with Crippen LogP contribution >= 0.6 is 15.9 Å². The summed E-state index contributed by atoms with van der Waals surface area (Å²) in [7, 11) is 3.92. The Morgan fingerprint density at radius 1 is 1.35 bits per heavy atom. The molecular formula is C16H27BrN2O. The molecule has 1 aromatic rings. The first-order valence-electron chi connectivity index (χ1n) is 7.27. The molecule has 1 N–H and O–H groups in total. The number of benzene rings is 1. The number of hydrogen-bond acceptors (Lipinski definition) is 3. The Morgan fingerprint density at radius 2 is 2.05 bits per heavy atom. The average molecular weight is 343 g/mol. The van der Waals surface area contributed by atoms with Gasteiger partial charge in [0.05, 0.1) is 6.61 Å². The van der Waals surface area contributed by atoms with Gasteiger partial charge in [-0.2, -0.15) is 0 Å². The van der Waals surface area contributed by atoms with Crippen molar-refractivity contribution in [2.24, 2.45) is 0 Å². The summed E-state index contributed by atoms with van der Waals surface area (Å²) in [5.41, 5.74) is 1.34. The van der Waals surface area contributed by atoms with E-state index in [0.29, 0.717) is 12.1 Å². The lowest BCUT2D eigenvalue weighted by atomic mass is 10.0. The van der Waals surface area contributed by atoms with Crippen molar-refractivity contribution in [3.8, 4) is 0 Å². The van der Waals surface area contributed by atoms with Crippen molar-refractivity contribution in [3.05, 3.63) is 34.3 Å². The molecule has 0 aliphatic carbocycles. The van der Waals surface area contributed by atoms with E-state index in [1.807, 2.05) is 0 Å². The van der Waals surface area contributed by atoms with Gasteiger partial charge in [-0.15, -0.1) is 0 Å². The smallest absolute Gasteiger partial charge is 0.0615 e. The fraction of sp³-hybridized carbons (Fsp3) is 0.625. The summed E-state index contributed by atoms with van der Waals surface area (Å²) < 4.78 is 6.40. The molecule has 0 bridgehead atoms. The van der Waals surface area contributed by atoms with Crippen LogP contribution in [0.15, 0.2) is 28.7 Å². The highest BCUT2D eigenvalue weighted by Crippen LogP contribution is 2.25. The van der Waals surface area contributed by atoms with Crippen LogP contribution in [0.1, 0.15) is 31.9 Å². The van der Waals surface area contributed by atoms with E-state index in [9.17, 15) is 0 Å². The van der Waals surface area contributed by atoms with Crippen LogP contribution in [0.3, 0.4) is 0 Å². The molecule has 0 aromatic heterocycles. The number of rotatable bonds is 9. The Kier molecular flexibility index (Phi) is 8.38. The fourth-order valence-electron chi connectivity index (χ4n) is 2.29. The Labute approximate surface area is 131 Å². The molecule has 0 fully saturated rings. The molecule has 2 atom stereocenters. The summed E-state index contributed by atoms with van der Waals surface area (Å²) in [6.45, 7) is 7.15. The minimum atomic E-state index is 0.382. The topological polar surface area (TPSA) is 24.5 Å². The quantitative estimate of drug-likeness (QED) is 0.743. The van der Waals surface area contributed by atoms with Gasteiger partial charge in [-0.25, -0.2) is 0 Å². The van der Waals surface area contributed by atoms with Gasteiger partial charge in [0.15, 0.2) is 0 Å². The molecule has 1 aromatic carbocycles. The molecule has 114 valence electrons. The SMILES string of the molecule is CCNC(CCN(C)C(C)COC)c1ccccc1Br. The highest BCUT2D eigenvalue weighted by molar-refractivity contribution is 9.10. The Bertz CT molecular complexity index is 386. The van der Waals surface area contributed by atoms with E-state index in [4.69, 9.17) is 4.74 Å². The molecule has 3 nitrogen and oxygen atoms in total. The zero-order valence-electron chi connectivity index (χ0n) is 13.0.